The highest BCUT2D eigenvalue weighted by molar-refractivity contribution is 5.59. The van der Waals surface area contributed by atoms with E-state index < -0.39 is 0 Å². The van der Waals surface area contributed by atoms with Crippen molar-refractivity contribution in [3.8, 4) is 0 Å². The van der Waals surface area contributed by atoms with E-state index in [9.17, 15) is 4.79 Å². The van der Waals surface area contributed by atoms with Crippen LogP contribution in [0.4, 0.5) is 0 Å². The zero-order valence-corrected chi connectivity index (χ0v) is 7.49. The molecule has 1 aliphatic heterocycles. The summed E-state index contributed by atoms with van der Waals surface area (Å²) in [6, 6.07) is 0. The summed E-state index contributed by atoms with van der Waals surface area (Å²) >= 11 is 0. The van der Waals surface area contributed by atoms with Gasteiger partial charge < -0.3 is 10.1 Å². The Bertz CT molecular complexity index is 299. The minimum atomic E-state index is 0.0674. The molecule has 2 rings (SSSR count). The first-order valence-electron chi connectivity index (χ1n) is 4.68. The predicted octanol–water partition coefficient (Wildman–Crippen LogP) is 1.91. The zero-order chi connectivity index (χ0) is 9.10. The lowest BCUT2D eigenvalue weighted by Crippen LogP contribution is -2.13. The molecule has 1 unspecified atom stereocenters. The second-order valence-corrected chi connectivity index (χ2v) is 3.43. The molecule has 2 nitrogen and oxygen atoms in total. The van der Waals surface area contributed by atoms with Crippen LogP contribution in [0, 0.1) is 5.92 Å². The van der Waals surface area contributed by atoms with Gasteiger partial charge in [-0.3, -0.25) is 0 Å². The number of fused-ring (bicyclic) bond motifs is 1. The van der Waals surface area contributed by atoms with E-state index >= 15 is 0 Å². The number of aldehydes is 1. The molecule has 0 saturated heterocycles. The molecule has 0 saturated carbocycles. The van der Waals surface area contributed by atoms with E-state index in [-0.39, 0.29) is 5.92 Å². The lowest BCUT2D eigenvalue weighted by atomic mass is 9.93. The van der Waals surface area contributed by atoms with Gasteiger partial charge in [0.15, 0.2) is 0 Å². The smallest absolute Gasteiger partial charge is 0.127 e. The first-order valence-corrected chi connectivity index (χ1v) is 4.68. The largest absolute Gasteiger partial charge is 0.362 e. The summed E-state index contributed by atoms with van der Waals surface area (Å²) in [5.41, 5.74) is 2.47. The first-order chi connectivity index (χ1) is 6.40. The van der Waals surface area contributed by atoms with Crippen LogP contribution in [0.3, 0.4) is 0 Å². The number of nitrogens with one attached hydrogen (secondary N) is 1. The number of carbonyl (C=O) groups is 1. The zero-order valence-electron chi connectivity index (χ0n) is 7.49. The lowest BCUT2D eigenvalue weighted by Gasteiger charge is -2.17. The number of carbonyl (C=O) groups excluding carboxylic acids is 1. The van der Waals surface area contributed by atoms with Crippen molar-refractivity contribution >= 4 is 6.29 Å². The highest BCUT2D eigenvalue weighted by Crippen LogP contribution is 2.25. The van der Waals surface area contributed by atoms with Crippen LogP contribution in [0.15, 0.2) is 35.7 Å². The van der Waals surface area contributed by atoms with Gasteiger partial charge in [0.05, 0.1) is 0 Å². The van der Waals surface area contributed by atoms with Gasteiger partial charge in [0, 0.05) is 11.6 Å². The van der Waals surface area contributed by atoms with Crippen molar-refractivity contribution in [3.05, 3.63) is 35.7 Å². The maximum Gasteiger partial charge on any atom is 0.127 e. The topological polar surface area (TPSA) is 29.1 Å². The van der Waals surface area contributed by atoms with Crippen LogP contribution in [0.1, 0.15) is 19.3 Å². The Kier molecular flexibility index (Phi) is 2.30. The molecule has 13 heavy (non-hydrogen) atoms. The summed E-state index contributed by atoms with van der Waals surface area (Å²) in [6.07, 6.45) is 12.3. The Morgan fingerprint density at radius 1 is 1.54 bits per heavy atom. The molecule has 68 valence electrons. The summed E-state index contributed by atoms with van der Waals surface area (Å²) in [7, 11) is 0. The average molecular weight is 175 g/mol. The monoisotopic (exact) mass is 175 g/mol. The fraction of sp³-hybridized carbons (Fsp3) is 0.364. The Labute approximate surface area is 78.0 Å². The van der Waals surface area contributed by atoms with Gasteiger partial charge in [-0.05, 0) is 31.0 Å². The molecule has 0 aromatic carbocycles. The predicted molar refractivity (Wildman–Crippen MR) is 51.8 cm³/mol. The minimum absolute atomic E-state index is 0.0674. The highest BCUT2D eigenvalue weighted by atomic mass is 16.1. The second kappa shape index (κ2) is 3.60. The van der Waals surface area contributed by atoms with E-state index in [0.29, 0.717) is 0 Å². The highest BCUT2D eigenvalue weighted by Gasteiger charge is 2.14. The van der Waals surface area contributed by atoms with Gasteiger partial charge in [-0.15, -0.1) is 0 Å². The summed E-state index contributed by atoms with van der Waals surface area (Å²) in [5, 5.41) is 3.20. The molecule has 0 bridgehead atoms. The lowest BCUT2D eigenvalue weighted by molar-refractivity contribution is -0.109. The average Bonchev–Trinajstić information content (AvgIpc) is 2.41. The molecular formula is C11H13NO. The van der Waals surface area contributed by atoms with Gasteiger partial charge in [0.2, 0.25) is 0 Å². The fourth-order valence-electron chi connectivity index (χ4n) is 1.72. The van der Waals surface area contributed by atoms with Crippen molar-refractivity contribution < 1.29 is 4.79 Å². The summed E-state index contributed by atoms with van der Waals surface area (Å²) in [5.74, 6) is 0.0674. The summed E-state index contributed by atoms with van der Waals surface area (Å²) in [4.78, 5) is 10.6. The Balaban J connectivity index is 2.22. The molecule has 0 radical (unpaired) electrons. The van der Waals surface area contributed by atoms with Gasteiger partial charge in [-0.2, -0.15) is 0 Å². The molecule has 0 fully saturated rings. The molecule has 0 aromatic heterocycles. The van der Waals surface area contributed by atoms with Crippen LogP contribution in [0.5, 0.6) is 0 Å². The standard InChI is InChI=1S/C11H13NO/c13-8-9-4-5-10-3-1-2-6-12-11(10)7-9/h2,5-9,12H,1,3-4H2. The number of hydrogen-bond donors (Lipinski definition) is 1. The van der Waals surface area contributed by atoms with E-state index in [1.807, 2.05) is 12.3 Å². The molecule has 1 aliphatic carbocycles. The number of allylic oxidation sites excluding steroid dienone is 4. The van der Waals surface area contributed by atoms with E-state index in [4.69, 9.17) is 0 Å². The van der Waals surface area contributed by atoms with Gasteiger partial charge in [-0.25, -0.2) is 0 Å². The van der Waals surface area contributed by atoms with Crippen molar-refractivity contribution in [1.29, 1.82) is 0 Å². The van der Waals surface area contributed by atoms with E-state index in [1.165, 1.54) is 5.57 Å². The van der Waals surface area contributed by atoms with Gasteiger partial charge >= 0.3 is 0 Å². The second-order valence-electron chi connectivity index (χ2n) is 3.43. The van der Waals surface area contributed by atoms with Crippen molar-refractivity contribution in [2.24, 2.45) is 5.92 Å². The van der Waals surface area contributed by atoms with Crippen LogP contribution in [0.2, 0.25) is 0 Å². The van der Waals surface area contributed by atoms with Crippen LogP contribution < -0.4 is 5.32 Å². The Hall–Kier alpha value is -1.31. The Morgan fingerprint density at radius 2 is 2.46 bits per heavy atom. The SMILES string of the molecule is O=CC1C=C2NC=CCCC2=CC1. The summed E-state index contributed by atoms with van der Waals surface area (Å²) < 4.78 is 0. The fourth-order valence-corrected chi connectivity index (χ4v) is 1.72. The van der Waals surface area contributed by atoms with E-state index in [1.54, 1.807) is 0 Å². The van der Waals surface area contributed by atoms with Crippen molar-refractivity contribution in [3.63, 3.8) is 0 Å². The van der Waals surface area contributed by atoms with Crippen LogP contribution in [-0.4, -0.2) is 6.29 Å². The molecule has 0 amide bonds. The minimum Gasteiger partial charge on any atom is -0.362 e. The number of rotatable bonds is 1. The molecule has 2 aliphatic rings. The third-order valence-electron chi connectivity index (χ3n) is 2.47. The molecule has 0 spiro atoms. The molecule has 2 heteroatoms. The molecular weight excluding hydrogens is 162 g/mol. The van der Waals surface area contributed by atoms with Crippen molar-refractivity contribution in [1.82, 2.24) is 5.32 Å². The third kappa shape index (κ3) is 1.72. The molecule has 1 N–H and O–H groups in total. The van der Waals surface area contributed by atoms with Crippen LogP contribution >= 0.6 is 0 Å². The Morgan fingerprint density at radius 3 is 3.31 bits per heavy atom. The number of hydrogen-bond acceptors (Lipinski definition) is 2. The van der Waals surface area contributed by atoms with Crippen molar-refractivity contribution in [2.75, 3.05) is 0 Å². The first kappa shape index (κ1) is 8.30. The quantitative estimate of drug-likeness (QED) is 0.617. The molecule has 0 aromatic rings. The van der Waals surface area contributed by atoms with Gasteiger partial charge in [-0.1, -0.05) is 18.2 Å². The normalized spacial score (nSPS) is 26.3. The maximum absolute atomic E-state index is 10.6. The maximum atomic E-state index is 10.6. The molecule has 1 heterocycles. The van der Waals surface area contributed by atoms with Gasteiger partial charge in [0.1, 0.15) is 6.29 Å². The van der Waals surface area contributed by atoms with E-state index in [2.05, 4.69) is 17.5 Å². The van der Waals surface area contributed by atoms with E-state index in [0.717, 1.165) is 31.2 Å². The van der Waals surface area contributed by atoms with Crippen molar-refractivity contribution in [2.45, 2.75) is 19.3 Å². The third-order valence-corrected chi connectivity index (χ3v) is 2.47. The van der Waals surface area contributed by atoms with Gasteiger partial charge in [0.25, 0.3) is 0 Å². The molecule has 1 atom stereocenters. The van der Waals surface area contributed by atoms with Crippen LogP contribution in [-0.2, 0) is 4.79 Å². The van der Waals surface area contributed by atoms with Crippen LogP contribution in [0.25, 0.3) is 0 Å². The summed E-state index contributed by atoms with van der Waals surface area (Å²) in [6.45, 7) is 0.